The van der Waals surface area contributed by atoms with Gasteiger partial charge in [-0.05, 0) is 24.1 Å². The lowest BCUT2D eigenvalue weighted by atomic mass is 10.2. The molecule has 1 aliphatic rings. The maximum atomic E-state index is 5.81. The van der Waals surface area contributed by atoms with Crippen molar-refractivity contribution >= 4 is 17.6 Å². The largest absolute Gasteiger partial charge is 0.375 e. The molecular weight excluding hydrogens is 250 g/mol. The van der Waals surface area contributed by atoms with Gasteiger partial charge in [0.2, 0.25) is 0 Å². The summed E-state index contributed by atoms with van der Waals surface area (Å²) < 4.78 is 5.56. The molecule has 98 valence electrons. The van der Waals surface area contributed by atoms with E-state index in [-0.39, 0.29) is 0 Å². The molecule has 0 bridgehead atoms. The average Bonchev–Trinajstić information content (AvgIpc) is 2.42. The van der Waals surface area contributed by atoms with Crippen LogP contribution in [0.15, 0.2) is 29.3 Å². The topological polar surface area (TPSA) is 45.6 Å². The minimum Gasteiger partial charge on any atom is -0.375 e. The molecule has 18 heavy (non-hydrogen) atoms. The third-order valence-corrected chi connectivity index (χ3v) is 2.87. The molecule has 0 radical (unpaired) electrons. The van der Waals surface area contributed by atoms with Crippen molar-refractivity contribution in [1.82, 2.24) is 10.6 Å². The second kappa shape index (κ2) is 7.24. The van der Waals surface area contributed by atoms with Crippen LogP contribution in [0.4, 0.5) is 0 Å². The average molecular weight is 268 g/mol. The fourth-order valence-corrected chi connectivity index (χ4v) is 1.79. The van der Waals surface area contributed by atoms with E-state index < -0.39 is 0 Å². The number of rotatable bonds is 5. The maximum absolute atomic E-state index is 5.81. The summed E-state index contributed by atoms with van der Waals surface area (Å²) in [5.41, 5.74) is 1.13. The third-order valence-electron chi connectivity index (χ3n) is 2.62. The van der Waals surface area contributed by atoms with E-state index in [0.717, 1.165) is 42.6 Å². The smallest absolute Gasteiger partial charge is 0.191 e. The van der Waals surface area contributed by atoms with E-state index in [1.165, 1.54) is 0 Å². The van der Waals surface area contributed by atoms with Gasteiger partial charge in [0.05, 0.1) is 13.2 Å². The molecule has 0 spiro atoms. The van der Waals surface area contributed by atoms with Crippen LogP contribution in [0.5, 0.6) is 0 Å². The van der Waals surface area contributed by atoms with Crippen molar-refractivity contribution in [2.45, 2.75) is 13.0 Å². The lowest BCUT2D eigenvalue weighted by Gasteiger charge is -2.15. The van der Waals surface area contributed by atoms with E-state index in [1.54, 1.807) is 0 Å². The van der Waals surface area contributed by atoms with Crippen molar-refractivity contribution < 1.29 is 4.74 Å². The summed E-state index contributed by atoms with van der Waals surface area (Å²) in [7, 11) is 0. The lowest BCUT2D eigenvalue weighted by Crippen LogP contribution is -2.41. The first kappa shape index (κ1) is 13.2. The molecule has 0 saturated heterocycles. The number of aliphatic imine (C=N–C) groups is 1. The predicted molar refractivity (Wildman–Crippen MR) is 74.0 cm³/mol. The van der Waals surface area contributed by atoms with Crippen LogP contribution in [0.3, 0.4) is 0 Å². The second-order valence-electron chi connectivity index (χ2n) is 4.12. The minimum atomic E-state index is 0.610. The van der Waals surface area contributed by atoms with E-state index in [2.05, 4.69) is 15.6 Å². The fourth-order valence-electron chi connectivity index (χ4n) is 1.66. The van der Waals surface area contributed by atoms with Gasteiger partial charge < -0.3 is 15.4 Å². The molecule has 2 N–H and O–H groups in total. The van der Waals surface area contributed by atoms with Gasteiger partial charge in [-0.15, -0.1) is 0 Å². The van der Waals surface area contributed by atoms with Crippen molar-refractivity contribution in [1.29, 1.82) is 0 Å². The van der Waals surface area contributed by atoms with E-state index in [0.29, 0.717) is 13.2 Å². The summed E-state index contributed by atoms with van der Waals surface area (Å²) in [6.07, 6.45) is 1.11. The molecule has 1 aromatic carbocycles. The summed E-state index contributed by atoms with van der Waals surface area (Å²) in [6, 6.07) is 7.70. The zero-order valence-corrected chi connectivity index (χ0v) is 11.0. The number of benzene rings is 1. The predicted octanol–water partition coefficient (Wildman–Crippen LogP) is 1.80. The molecule has 0 fully saturated rings. The Hall–Kier alpha value is -1.26. The number of guanidine groups is 1. The maximum Gasteiger partial charge on any atom is 0.191 e. The Labute approximate surface area is 112 Å². The van der Waals surface area contributed by atoms with Crippen LogP contribution in [0.25, 0.3) is 0 Å². The van der Waals surface area contributed by atoms with Crippen LogP contribution in [0.1, 0.15) is 12.0 Å². The number of hydrogen-bond donors (Lipinski definition) is 2. The first-order valence-electron chi connectivity index (χ1n) is 6.19. The number of nitrogens with zero attached hydrogens (tertiary/aromatic N) is 1. The van der Waals surface area contributed by atoms with Gasteiger partial charge in [0.15, 0.2) is 5.96 Å². The summed E-state index contributed by atoms with van der Waals surface area (Å²) >= 11 is 5.81. The highest BCUT2D eigenvalue weighted by Gasteiger charge is 2.01. The van der Waals surface area contributed by atoms with E-state index >= 15 is 0 Å². The molecule has 0 saturated carbocycles. The van der Waals surface area contributed by atoms with Gasteiger partial charge >= 0.3 is 0 Å². The highest BCUT2D eigenvalue weighted by atomic mass is 35.5. The van der Waals surface area contributed by atoms with Crippen molar-refractivity contribution in [2.75, 3.05) is 26.2 Å². The van der Waals surface area contributed by atoms with E-state index in [9.17, 15) is 0 Å². The molecule has 0 amide bonds. The molecule has 0 atom stereocenters. The number of halogens is 1. The fraction of sp³-hybridized carbons (Fsp3) is 0.462. The Balaban J connectivity index is 1.58. The van der Waals surface area contributed by atoms with E-state index in [4.69, 9.17) is 16.3 Å². The van der Waals surface area contributed by atoms with Crippen LogP contribution in [-0.4, -0.2) is 32.2 Å². The first-order valence-corrected chi connectivity index (χ1v) is 6.57. The quantitative estimate of drug-likeness (QED) is 0.800. The SMILES string of the molecule is Clc1ccc(COCCNC2=NCCCN2)cc1. The summed E-state index contributed by atoms with van der Waals surface area (Å²) in [4.78, 5) is 4.32. The van der Waals surface area contributed by atoms with Crippen LogP contribution < -0.4 is 10.6 Å². The van der Waals surface area contributed by atoms with Crippen LogP contribution in [0.2, 0.25) is 5.02 Å². The molecule has 5 heteroatoms. The van der Waals surface area contributed by atoms with Gasteiger partial charge in [-0.25, -0.2) is 0 Å². The molecule has 4 nitrogen and oxygen atoms in total. The Morgan fingerprint density at radius 2 is 2.17 bits per heavy atom. The Kier molecular flexibility index (Phi) is 5.30. The Morgan fingerprint density at radius 1 is 1.33 bits per heavy atom. The number of hydrogen-bond acceptors (Lipinski definition) is 4. The molecule has 0 aliphatic carbocycles. The van der Waals surface area contributed by atoms with Gasteiger partial charge in [-0.3, -0.25) is 4.99 Å². The number of nitrogens with one attached hydrogen (secondary N) is 2. The Morgan fingerprint density at radius 3 is 2.89 bits per heavy atom. The van der Waals surface area contributed by atoms with Gasteiger partial charge in [0.25, 0.3) is 0 Å². The van der Waals surface area contributed by atoms with Crippen molar-refractivity contribution in [3.8, 4) is 0 Å². The second-order valence-corrected chi connectivity index (χ2v) is 4.55. The zero-order chi connectivity index (χ0) is 12.6. The third kappa shape index (κ3) is 4.55. The van der Waals surface area contributed by atoms with Crippen LogP contribution in [0, 0.1) is 0 Å². The van der Waals surface area contributed by atoms with Crippen molar-refractivity contribution in [3.05, 3.63) is 34.9 Å². The van der Waals surface area contributed by atoms with E-state index in [1.807, 2.05) is 24.3 Å². The van der Waals surface area contributed by atoms with Crippen molar-refractivity contribution in [3.63, 3.8) is 0 Å². The van der Waals surface area contributed by atoms with Gasteiger partial charge in [-0.1, -0.05) is 23.7 Å². The molecular formula is C13H18ClN3O. The summed E-state index contributed by atoms with van der Waals surface area (Å²) in [6.45, 7) is 3.93. The monoisotopic (exact) mass is 267 g/mol. The standard InChI is InChI=1S/C13H18ClN3O/c14-12-4-2-11(3-5-12)10-18-9-8-17-13-15-6-1-7-16-13/h2-5H,1,6-10H2,(H2,15,16,17). The summed E-state index contributed by atoms with van der Waals surface area (Å²) in [5, 5.41) is 7.16. The highest BCUT2D eigenvalue weighted by molar-refractivity contribution is 6.30. The van der Waals surface area contributed by atoms with Crippen molar-refractivity contribution in [2.24, 2.45) is 4.99 Å². The lowest BCUT2D eigenvalue weighted by molar-refractivity contribution is 0.125. The Bertz CT molecular complexity index is 392. The highest BCUT2D eigenvalue weighted by Crippen LogP contribution is 2.09. The molecule has 1 aliphatic heterocycles. The minimum absolute atomic E-state index is 0.610. The van der Waals surface area contributed by atoms with Gasteiger partial charge in [-0.2, -0.15) is 0 Å². The van der Waals surface area contributed by atoms with Crippen LogP contribution in [-0.2, 0) is 11.3 Å². The molecule has 1 aromatic rings. The molecule has 0 unspecified atom stereocenters. The number of ether oxygens (including phenoxy) is 1. The van der Waals surface area contributed by atoms with Gasteiger partial charge in [0, 0.05) is 24.7 Å². The molecule has 1 heterocycles. The summed E-state index contributed by atoms with van der Waals surface area (Å²) in [5.74, 6) is 0.886. The molecule has 0 aromatic heterocycles. The van der Waals surface area contributed by atoms with Gasteiger partial charge in [0.1, 0.15) is 0 Å². The zero-order valence-electron chi connectivity index (χ0n) is 10.3. The van der Waals surface area contributed by atoms with Crippen LogP contribution >= 0.6 is 11.6 Å². The molecule has 2 rings (SSSR count). The first-order chi connectivity index (χ1) is 8.84. The normalized spacial score (nSPS) is 14.8.